The molecule has 1 atom stereocenters. The van der Waals surface area contributed by atoms with Crippen LogP contribution in [0.3, 0.4) is 0 Å². The standard InChI is InChI=1S/C10H20O/c1-8(2)9(3)7-11-10(4,5)6/h9H,1,7H2,2-6H3. The highest BCUT2D eigenvalue weighted by atomic mass is 16.5. The third kappa shape index (κ3) is 6.11. The van der Waals surface area contributed by atoms with Crippen LogP contribution in [0.5, 0.6) is 0 Å². The van der Waals surface area contributed by atoms with Gasteiger partial charge < -0.3 is 4.74 Å². The van der Waals surface area contributed by atoms with Gasteiger partial charge in [0, 0.05) is 0 Å². The van der Waals surface area contributed by atoms with Gasteiger partial charge in [-0.15, -0.1) is 0 Å². The maximum Gasteiger partial charge on any atom is 0.0598 e. The summed E-state index contributed by atoms with van der Waals surface area (Å²) in [6.07, 6.45) is 0. The lowest BCUT2D eigenvalue weighted by molar-refractivity contribution is -0.0143. The van der Waals surface area contributed by atoms with Crippen molar-refractivity contribution in [2.45, 2.75) is 40.2 Å². The van der Waals surface area contributed by atoms with Crippen molar-refractivity contribution in [2.24, 2.45) is 5.92 Å². The van der Waals surface area contributed by atoms with E-state index in [1.807, 2.05) is 6.92 Å². The number of hydrogen-bond donors (Lipinski definition) is 0. The van der Waals surface area contributed by atoms with E-state index in [9.17, 15) is 0 Å². The summed E-state index contributed by atoms with van der Waals surface area (Å²) in [5, 5.41) is 0. The van der Waals surface area contributed by atoms with Gasteiger partial charge in [-0.05, 0) is 33.6 Å². The SMILES string of the molecule is C=C(C)C(C)COC(C)(C)C. The van der Waals surface area contributed by atoms with Crippen molar-refractivity contribution in [3.8, 4) is 0 Å². The van der Waals surface area contributed by atoms with Gasteiger partial charge in [-0.2, -0.15) is 0 Å². The third-order valence-corrected chi connectivity index (χ3v) is 1.61. The molecule has 1 unspecified atom stereocenters. The molecule has 0 bridgehead atoms. The average molecular weight is 156 g/mol. The van der Waals surface area contributed by atoms with E-state index in [1.165, 1.54) is 5.57 Å². The van der Waals surface area contributed by atoms with Crippen LogP contribution in [-0.4, -0.2) is 12.2 Å². The Kier molecular flexibility index (Phi) is 3.81. The summed E-state index contributed by atoms with van der Waals surface area (Å²) in [6, 6.07) is 0. The largest absolute Gasteiger partial charge is 0.375 e. The first kappa shape index (κ1) is 10.7. The van der Waals surface area contributed by atoms with Crippen molar-refractivity contribution in [3.63, 3.8) is 0 Å². The normalized spacial score (nSPS) is 14.6. The lowest BCUT2D eigenvalue weighted by atomic mass is 10.1. The minimum Gasteiger partial charge on any atom is -0.375 e. The van der Waals surface area contributed by atoms with Crippen LogP contribution in [0.25, 0.3) is 0 Å². The van der Waals surface area contributed by atoms with Crippen LogP contribution in [-0.2, 0) is 4.74 Å². The summed E-state index contributed by atoms with van der Waals surface area (Å²) < 4.78 is 5.59. The number of hydrogen-bond acceptors (Lipinski definition) is 1. The van der Waals surface area contributed by atoms with E-state index in [1.54, 1.807) is 0 Å². The van der Waals surface area contributed by atoms with Gasteiger partial charge in [-0.25, -0.2) is 0 Å². The maximum atomic E-state index is 5.59. The van der Waals surface area contributed by atoms with E-state index in [0.29, 0.717) is 5.92 Å². The zero-order valence-electron chi connectivity index (χ0n) is 8.40. The summed E-state index contributed by atoms with van der Waals surface area (Å²) in [5.41, 5.74) is 1.17. The number of rotatable bonds is 3. The van der Waals surface area contributed by atoms with Gasteiger partial charge in [0.1, 0.15) is 0 Å². The topological polar surface area (TPSA) is 9.23 Å². The molecule has 0 aromatic heterocycles. The van der Waals surface area contributed by atoms with Crippen molar-refractivity contribution in [2.75, 3.05) is 6.61 Å². The maximum absolute atomic E-state index is 5.59. The van der Waals surface area contributed by atoms with Crippen LogP contribution in [0.4, 0.5) is 0 Å². The predicted molar refractivity (Wildman–Crippen MR) is 49.7 cm³/mol. The van der Waals surface area contributed by atoms with Crippen molar-refractivity contribution in [1.29, 1.82) is 0 Å². The first-order valence-corrected chi connectivity index (χ1v) is 4.12. The van der Waals surface area contributed by atoms with Gasteiger partial charge >= 0.3 is 0 Å². The van der Waals surface area contributed by atoms with E-state index in [0.717, 1.165) is 6.61 Å². The Morgan fingerprint density at radius 2 is 1.91 bits per heavy atom. The highest BCUT2D eigenvalue weighted by Crippen LogP contribution is 2.13. The highest BCUT2D eigenvalue weighted by molar-refractivity contribution is 4.93. The Labute approximate surface area is 70.4 Å². The molecule has 0 heterocycles. The van der Waals surface area contributed by atoms with Crippen molar-refractivity contribution in [1.82, 2.24) is 0 Å². The van der Waals surface area contributed by atoms with Gasteiger partial charge in [0.2, 0.25) is 0 Å². The van der Waals surface area contributed by atoms with Gasteiger partial charge in [0.05, 0.1) is 12.2 Å². The Bertz CT molecular complexity index is 130. The fraction of sp³-hybridized carbons (Fsp3) is 0.800. The van der Waals surface area contributed by atoms with E-state index < -0.39 is 0 Å². The zero-order valence-corrected chi connectivity index (χ0v) is 8.40. The second-order valence-corrected chi connectivity index (χ2v) is 4.17. The molecule has 0 rings (SSSR count). The van der Waals surface area contributed by atoms with E-state index >= 15 is 0 Å². The van der Waals surface area contributed by atoms with Crippen molar-refractivity contribution in [3.05, 3.63) is 12.2 Å². The summed E-state index contributed by atoms with van der Waals surface area (Å²) in [7, 11) is 0. The highest BCUT2D eigenvalue weighted by Gasteiger charge is 2.12. The molecule has 0 aliphatic rings. The Hall–Kier alpha value is -0.300. The van der Waals surface area contributed by atoms with E-state index in [2.05, 4.69) is 34.3 Å². The Morgan fingerprint density at radius 3 is 2.18 bits per heavy atom. The molecule has 0 aliphatic heterocycles. The first-order valence-electron chi connectivity index (χ1n) is 4.12. The Morgan fingerprint density at radius 1 is 1.45 bits per heavy atom. The molecule has 0 aromatic rings. The molecule has 0 radical (unpaired) electrons. The van der Waals surface area contributed by atoms with Crippen LogP contribution in [0.2, 0.25) is 0 Å². The molecule has 0 amide bonds. The molecule has 0 N–H and O–H groups in total. The van der Waals surface area contributed by atoms with Crippen molar-refractivity contribution >= 4 is 0 Å². The third-order valence-electron chi connectivity index (χ3n) is 1.61. The molecule has 0 spiro atoms. The van der Waals surface area contributed by atoms with Crippen LogP contribution in [0, 0.1) is 5.92 Å². The van der Waals surface area contributed by atoms with E-state index in [4.69, 9.17) is 4.74 Å². The van der Waals surface area contributed by atoms with Crippen LogP contribution in [0.1, 0.15) is 34.6 Å². The second-order valence-electron chi connectivity index (χ2n) is 4.17. The molecule has 0 aliphatic carbocycles. The molecule has 0 saturated heterocycles. The van der Waals surface area contributed by atoms with Gasteiger partial charge in [-0.1, -0.05) is 19.1 Å². The quantitative estimate of drug-likeness (QED) is 0.571. The summed E-state index contributed by atoms with van der Waals surface area (Å²) in [4.78, 5) is 0. The zero-order chi connectivity index (χ0) is 9.07. The molecule has 1 heteroatoms. The summed E-state index contributed by atoms with van der Waals surface area (Å²) in [5.74, 6) is 0.467. The fourth-order valence-corrected chi connectivity index (χ4v) is 0.517. The molecular formula is C10H20O. The molecule has 0 saturated carbocycles. The Balaban J connectivity index is 3.63. The monoisotopic (exact) mass is 156 g/mol. The molecule has 0 fully saturated rings. The fourth-order valence-electron chi connectivity index (χ4n) is 0.517. The lowest BCUT2D eigenvalue weighted by Gasteiger charge is -2.22. The summed E-state index contributed by atoms with van der Waals surface area (Å²) >= 11 is 0. The predicted octanol–water partition coefficient (Wildman–Crippen LogP) is 3.01. The number of ether oxygens (including phenoxy) is 1. The van der Waals surface area contributed by atoms with Crippen LogP contribution < -0.4 is 0 Å². The van der Waals surface area contributed by atoms with Crippen LogP contribution in [0.15, 0.2) is 12.2 Å². The first-order chi connectivity index (χ1) is 4.83. The van der Waals surface area contributed by atoms with E-state index in [-0.39, 0.29) is 5.60 Å². The molecular weight excluding hydrogens is 136 g/mol. The summed E-state index contributed by atoms with van der Waals surface area (Å²) in [6.45, 7) is 15.0. The molecule has 0 aromatic carbocycles. The second kappa shape index (κ2) is 3.91. The smallest absolute Gasteiger partial charge is 0.0598 e. The van der Waals surface area contributed by atoms with Gasteiger partial charge in [0.25, 0.3) is 0 Å². The molecule has 11 heavy (non-hydrogen) atoms. The van der Waals surface area contributed by atoms with Gasteiger partial charge in [-0.3, -0.25) is 0 Å². The van der Waals surface area contributed by atoms with Crippen LogP contribution >= 0.6 is 0 Å². The lowest BCUT2D eigenvalue weighted by Crippen LogP contribution is -2.22. The van der Waals surface area contributed by atoms with Gasteiger partial charge in [0.15, 0.2) is 0 Å². The minimum absolute atomic E-state index is 0.0241. The molecule has 66 valence electrons. The average Bonchev–Trinajstić information content (AvgIpc) is 1.80. The molecule has 1 nitrogen and oxygen atoms in total. The van der Waals surface area contributed by atoms with Crippen molar-refractivity contribution < 1.29 is 4.74 Å². The minimum atomic E-state index is -0.0241.